The standard InChI is InChI=1S/C6H12F3N3S/c1-12(2)3-4(6(7,8)9)11-5(10)13/h4H,3H2,1-2H3,(H3,10,11,13). The highest BCUT2D eigenvalue weighted by Gasteiger charge is 2.39. The molecule has 0 bridgehead atoms. The molecule has 1 atom stereocenters. The first kappa shape index (κ1) is 12.4. The van der Waals surface area contributed by atoms with Crippen molar-refractivity contribution in [2.75, 3.05) is 20.6 Å². The summed E-state index contributed by atoms with van der Waals surface area (Å²) < 4.78 is 36.7. The van der Waals surface area contributed by atoms with Crippen molar-refractivity contribution in [3.05, 3.63) is 0 Å². The van der Waals surface area contributed by atoms with Gasteiger partial charge in [-0.3, -0.25) is 0 Å². The zero-order valence-corrected chi connectivity index (χ0v) is 8.17. The summed E-state index contributed by atoms with van der Waals surface area (Å²) in [6, 6.07) is -1.71. The summed E-state index contributed by atoms with van der Waals surface area (Å²) in [6.07, 6.45) is -4.34. The van der Waals surface area contributed by atoms with Gasteiger partial charge in [-0.1, -0.05) is 0 Å². The first-order valence-corrected chi connectivity index (χ1v) is 3.91. The van der Waals surface area contributed by atoms with Gasteiger partial charge in [0.25, 0.3) is 0 Å². The first-order valence-electron chi connectivity index (χ1n) is 3.51. The van der Waals surface area contributed by atoms with Crippen LogP contribution in [-0.4, -0.2) is 42.9 Å². The second-order valence-electron chi connectivity index (χ2n) is 2.87. The number of alkyl halides is 3. The highest BCUT2D eigenvalue weighted by atomic mass is 32.1. The van der Waals surface area contributed by atoms with Gasteiger partial charge in [0.1, 0.15) is 6.04 Å². The van der Waals surface area contributed by atoms with E-state index in [1.54, 1.807) is 14.1 Å². The fraction of sp³-hybridized carbons (Fsp3) is 0.833. The van der Waals surface area contributed by atoms with Crippen molar-refractivity contribution in [3.63, 3.8) is 0 Å². The molecule has 0 saturated heterocycles. The Balaban J connectivity index is 4.28. The maximum absolute atomic E-state index is 12.2. The van der Waals surface area contributed by atoms with Gasteiger partial charge < -0.3 is 16.0 Å². The van der Waals surface area contributed by atoms with Crippen LogP contribution in [0.2, 0.25) is 0 Å². The topological polar surface area (TPSA) is 41.3 Å². The molecule has 0 aromatic carbocycles. The highest BCUT2D eigenvalue weighted by Crippen LogP contribution is 2.20. The SMILES string of the molecule is CN(C)CC(NC(N)=S)C(F)(F)F. The summed E-state index contributed by atoms with van der Waals surface area (Å²) in [5.74, 6) is 0. The molecule has 0 radical (unpaired) electrons. The lowest BCUT2D eigenvalue weighted by Crippen LogP contribution is -2.52. The largest absolute Gasteiger partial charge is 0.409 e. The van der Waals surface area contributed by atoms with E-state index in [0.717, 1.165) is 0 Å². The van der Waals surface area contributed by atoms with Crippen LogP contribution in [0.1, 0.15) is 0 Å². The maximum Gasteiger partial charge on any atom is 0.409 e. The zero-order valence-electron chi connectivity index (χ0n) is 7.35. The van der Waals surface area contributed by atoms with Gasteiger partial charge >= 0.3 is 6.18 Å². The van der Waals surface area contributed by atoms with Crippen molar-refractivity contribution < 1.29 is 13.2 Å². The van der Waals surface area contributed by atoms with Crippen LogP contribution >= 0.6 is 12.2 Å². The molecule has 78 valence electrons. The van der Waals surface area contributed by atoms with Gasteiger partial charge in [-0.15, -0.1) is 0 Å². The molecule has 0 heterocycles. The summed E-state index contributed by atoms with van der Waals surface area (Å²) in [5, 5.41) is 1.65. The fourth-order valence-corrected chi connectivity index (χ4v) is 0.910. The van der Waals surface area contributed by atoms with Crippen LogP contribution in [-0.2, 0) is 0 Å². The number of nitrogens with zero attached hydrogens (tertiary/aromatic N) is 1. The van der Waals surface area contributed by atoms with Crippen molar-refractivity contribution in [2.45, 2.75) is 12.2 Å². The Labute approximate surface area is 80.1 Å². The molecule has 3 N–H and O–H groups in total. The number of hydrogen-bond acceptors (Lipinski definition) is 2. The molecule has 0 fully saturated rings. The summed E-state index contributed by atoms with van der Waals surface area (Å²) in [4.78, 5) is 1.41. The van der Waals surface area contributed by atoms with E-state index in [-0.39, 0.29) is 11.7 Å². The van der Waals surface area contributed by atoms with Gasteiger partial charge in [0.2, 0.25) is 0 Å². The molecule has 0 spiro atoms. The average Bonchev–Trinajstić information content (AvgIpc) is 1.81. The van der Waals surface area contributed by atoms with Crippen LogP contribution in [0.25, 0.3) is 0 Å². The van der Waals surface area contributed by atoms with Gasteiger partial charge in [-0.2, -0.15) is 13.2 Å². The highest BCUT2D eigenvalue weighted by molar-refractivity contribution is 7.80. The van der Waals surface area contributed by atoms with E-state index in [4.69, 9.17) is 5.73 Å². The lowest BCUT2D eigenvalue weighted by Gasteiger charge is -2.24. The number of halogens is 3. The molecule has 0 aromatic rings. The Morgan fingerprint density at radius 3 is 2.23 bits per heavy atom. The van der Waals surface area contributed by atoms with Crippen molar-refractivity contribution in [2.24, 2.45) is 5.73 Å². The number of thiocarbonyl (C=S) groups is 1. The molecule has 0 aliphatic rings. The minimum atomic E-state index is -4.34. The molecule has 13 heavy (non-hydrogen) atoms. The molecule has 3 nitrogen and oxygen atoms in total. The van der Waals surface area contributed by atoms with E-state index in [9.17, 15) is 13.2 Å². The third-order valence-corrected chi connectivity index (χ3v) is 1.38. The number of nitrogens with two attached hydrogens (primary N) is 1. The van der Waals surface area contributed by atoms with Crippen LogP contribution in [0.15, 0.2) is 0 Å². The van der Waals surface area contributed by atoms with Crippen molar-refractivity contribution >= 4 is 17.3 Å². The summed E-state index contributed by atoms with van der Waals surface area (Å²) >= 11 is 4.34. The van der Waals surface area contributed by atoms with Crippen molar-refractivity contribution in [1.29, 1.82) is 0 Å². The summed E-state index contributed by atoms with van der Waals surface area (Å²) in [7, 11) is 3.08. The molecule has 0 aliphatic heterocycles. The molecule has 7 heteroatoms. The minimum Gasteiger partial charge on any atom is -0.376 e. The Bertz CT molecular complexity index is 180. The fourth-order valence-electron chi connectivity index (χ4n) is 0.768. The average molecular weight is 215 g/mol. The Morgan fingerprint density at radius 1 is 1.54 bits per heavy atom. The van der Waals surface area contributed by atoms with E-state index in [0.29, 0.717) is 0 Å². The molecule has 0 rings (SSSR count). The van der Waals surface area contributed by atoms with Gasteiger partial charge in [-0.05, 0) is 26.3 Å². The third kappa shape index (κ3) is 5.64. The van der Waals surface area contributed by atoms with Crippen LogP contribution in [0.5, 0.6) is 0 Å². The van der Waals surface area contributed by atoms with Crippen molar-refractivity contribution in [3.8, 4) is 0 Å². The maximum atomic E-state index is 12.2. The van der Waals surface area contributed by atoms with Crippen LogP contribution in [0, 0.1) is 0 Å². The number of rotatable bonds is 3. The lowest BCUT2D eigenvalue weighted by atomic mass is 10.3. The second-order valence-corrected chi connectivity index (χ2v) is 3.30. The van der Waals surface area contributed by atoms with Gasteiger partial charge in [-0.25, -0.2) is 0 Å². The third-order valence-electron chi connectivity index (χ3n) is 1.26. The van der Waals surface area contributed by atoms with Gasteiger partial charge in [0, 0.05) is 6.54 Å². The van der Waals surface area contributed by atoms with E-state index in [2.05, 4.69) is 12.2 Å². The molecule has 1 unspecified atom stereocenters. The molecule has 0 amide bonds. The number of hydrogen-bond donors (Lipinski definition) is 2. The van der Waals surface area contributed by atoms with Crippen LogP contribution in [0.3, 0.4) is 0 Å². The predicted octanol–water partition coefficient (Wildman–Crippen LogP) is 0.312. The first-order chi connectivity index (χ1) is 5.73. The molecular formula is C6H12F3N3S. The number of nitrogens with one attached hydrogen (secondary N) is 1. The Hall–Kier alpha value is -0.560. The summed E-state index contributed by atoms with van der Waals surface area (Å²) in [5.41, 5.74) is 4.97. The quantitative estimate of drug-likeness (QED) is 0.665. The predicted molar refractivity (Wildman–Crippen MR) is 48.3 cm³/mol. The summed E-state index contributed by atoms with van der Waals surface area (Å²) in [6.45, 7) is -0.194. The van der Waals surface area contributed by atoms with Crippen LogP contribution < -0.4 is 11.1 Å². The Morgan fingerprint density at radius 2 is 2.00 bits per heavy atom. The van der Waals surface area contributed by atoms with Crippen molar-refractivity contribution in [1.82, 2.24) is 10.2 Å². The molecule has 0 saturated carbocycles. The van der Waals surface area contributed by atoms with Gasteiger partial charge in [0.15, 0.2) is 5.11 Å². The molecule has 0 aromatic heterocycles. The van der Waals surface area contributed by atoms with E-state index in [1.807, 2.05) is 5.32 Å². The molecule has 0 aliphatic carbocycles. The molecular weight excluding hydrogens is 203 g/mol. The normalized spacial score (nSPS) is 14.3. The van der Waals surface area contributed by atoms with E-state index < -0.39 is 12.2 Å². The lowest BCUT2D eigenvalue weighted by molar-refractivity contribution is -0.154. The monoisotopic (exact) mass is 215 g/mol. The van der Waals surface area contributed by atoms with Crippen LogP contribution in [0.4, 0.5) is 13.2 Å². The van der Waals surface area contributed by atoms with E-state index in [1.165, 1.54) is 4.90 Å². The second kappa shape index (κ2) is 4.61. The van der Waals surface area contributed by atoms with E-state index >= 15 is 0 Å². The van der Waals surface area contributed by atoms with Gasteiger partial charge in [0.05, 0.1) is 0 Å². The Kier molecular flexibility index (Phi) is 4.41. The minimum absolute atomic E-state index is 0.194. The zero-order chi connectivity index (χ0) is 10.6. The smallest absolute Gasteiger partial charge is 0.376 e. The number of likely N-dealkylation sites (N-methyl/N-ethyl adjacent to an activating group) is 1.